The second-order valence-electron chi connectivity index (χ2n) is 6.22. The summed E-state index contributed by atoms with van der Waals surface area (Å²) in [6, 6.07) is 4.37. The lowest BCUT2D eigenvalue weighted by atomic mass is 9.98. The van der Waals surface area contributed by atoms with Gasteiger partial charge in [0, 0.05) is 19.1 Å². The Bertz CT molecular complexity index is 441. The molecule has 0 saturated carbocycles. The molecule has 2 N–H and O–H groups in total. The van der Waals surface area contributed by atoms with Crippen molar-refractivity contribution in [3.8, 4) is 0 Å². The molecule has 1 aliphatic rings. The second-order valence-corrected chi connectivity index (χ2v) is 6.22. The molecule has 0 aromatic carbocycles. The van der Waals surface area contributed by atoms with Crippen molar-refractivity contribution in [2.24, 2.45) is 10.9 Å². The summed E-state index contributed by atoms with van der Waals surface area (Å²) < 4.78 is 5.32. The van der Waals surface area contributed by atoms with Gasteiger partial charge >= 0.3 is 0 Å². The number of guanidine groups is 1. The lowest BCUT2D eigenvalue weighted by Gasteiger charge is -2.35. The zero-order valence-electron chi connectivity index (χ0n) is 14.5. The number of hydrogen-bond donors (Lipinski definition) is 2. The molecule has 0 amide bonds. The van der Waals surface area contributed by atoms with Gasteiger partial charge < -0.3 is 15.1 Å². The van der Waals surface area contributed by atoms with E-state index in [2.05, 4.69) is 41.3 Å². The number of hydrogen-bond acceptors (Lipinski definition) is 3. The summed E-state index contributed by atoms with van der Waals surface area (Å²) in [6.45, 7) is 11.5. The van der Waals surface area contributed by atoms with Gasteiger partial charge in [-0.25, -0.2) is 4.99 Å². The smallest absolute Gasteiger partial charge is 0.191 e. The molecule has 6 heteroatoms. The van der Waals surface area contributed by atoms with Crippen LogP contribution < -0.4 is 10.6 Å². The van der Waals surface area contributed by atoms with Crippen LogP contribution in [0.3, 0.4) is 0 Å². The largest absolute Gasteiger partial charge is 0.467 e. The summed E-state index contributed by atoms with van der Waals surface area (Å²) >= 11 is 0. The number of piperidine rings is 1. The highest BCUT2D eigenvalue weighted by atomic mass is 127. The molecule has 132 valence electrons. The van der Waals surface area contributed by atoms with E-state index in [1.807, 2.05) is 12.1 Å². The van der Waals surface area contributed by atoms with Crippen LogP contribution in [0.5, 0.6) is 0 Å². The molecule has 0 radical (unpaired) electrons. The van der Waals surface area contributed by atoms with Crippen molar-refractivity contribution < 1.29 is 4.42 Å². The summed E-state index contributed by atoms with van der Waals surface area (Å²) in [4.78, 5) is 7.14. The Labute approximate surface area is 157 Å². The molecule has 2 heterocycles. The Morgan fingerprint density at radius 1 is 1.39 bits per heavy atom. The van der Waals surface area contributed by atoms with Gasteiger partial charge in [0.25, 0.3) is 0 Å². The van der Waals surface area contributed by atoms with Gasteiger partial charge in [0.1, 0.15) is 12.3 Å². The fourth-order valence-electron chi connectivity index (χ4n) is 2.74. The van der Waals surface area contributed by atoms with Crippen molar-refractivity contribution in [2.75, 3.05) is 26.2 Å². The van der Waals surface area contributed by atoms with Crippen molar-refractivity contribution in [1.82, 2.24) is 15.5 Å². The zero-order chi connectivity index (χ0) is 15.8. The fourth-order valence-corrected chi connectivity index (χ4v) is 2.74. The molecule has 0 spiro atoms. The normalized spacial score (nSPS) is 18.3. The van der Waals surface area contributed by atoms with Gasteiger partial charge in [0.15, 0.2) is 5.96 Å². The molecule has 2 rings (SSSR count). The standard InChI is InChI=1S/C17H30N4O.HI/c1-4-18-17(20-13-16-6-5-11-22-16)19-12-15(3)21-9-7-14(2)8-10-21;/h5-6,11,14-15H,4,7-10,12-13H2,1-3H3,(H2,18,19,20);1H. The first kappa shape index (κ1) is 20.3. The predicted octanol–water partition coefficient (Wildman–Crippen LogP) is 3.07. The van der Waals surface area contributed by atoms with Crippen LogP contribution in [-0.2, 0) is 6.54 Å². The monoisotopic (exact) mass is 434 g/mol. The van der Waals surface area contributed by atoms with Gasteiger partial charge in [-0.15, -0.1) is 24.0 Å². The summed E-state index contributed by atoms with van der Waals surface area (Å²) in [7, 11) is 0. The SMILES string of the molecule is CCNC(=NCc1ccco1)NCC(C)N1CCC(C)CC1.I. The van der Waals surface area contributed by atoms with Crippen molar-refractivity contribution in [3.05, 3.63) is 24.2 Å². The lowest BCUT2D eigenvalue weighted by Crippen LogP contribution is -2.48. The number of rotatable bonds is 6. The number of halogens is 1. The maximum absolute atomic E-state index is 5.32. The highest BCUT2D eigenvalue weighted by molar-refractivity contribution is 14.0. The van der Waals surface area contributed by atoms with Crippen molar-refractivity contribution in [2.45, 2.75) is 46.2 Å². The molecule has 0 aliphatic carbocycles. The predicted molar refractivity (Wildman–Crippen MR) is 106 cm³/mol. The van der Waals surface area contributed by atoms with Crippen molar-refractivity contribution in [3.63, 3.8) is 0 Å². The minimum atomic E-state index is 0. The maximum Gasteiger partial charge on any atom is 0.191 e. The van der Waals surface area contributed by atoms with Crippen LogP contribution in [0.4, 0.5) is 0 Å². The third-order valence-electron chi connectivity index (χ3n) is 4.32. The number of nitrogens with one attached hydrogen (secondary N) is 2. The first-order valence-corrected chi connectivity index (χ1v) is 8.47. The van der Waals surface area contributed by atoms with Crippen molar-refractivity contribution in [1.29, 1.82) is 0 Å². The Morgan fingerprint density at radius 2 is 2.13 bits per heavy atom. The van der Waals surface area contributed by atoms with E-state index >= 15 is 0 Å². The summed E-state index contributed by atoms with van der Waals surface area (Å²) in [5, 5.41) is 6.74. The second kappa shape index (κ2) is 10.9. The molecule has 1 fully saturated rings. The lowest BCUT2D eigenvalue weighted by molar-refractivity contribution is 0.147. The van der Waals surface area contributed by atoms with Crippen LogP contribution in [0.25, 0.3) is 0 Å². The Kier molecular flexibility index (Phi) is 9.62. The van der Waals surface area contributed by atoms with Gasteiger partial charge in [-0.1, -0.05) is 6.92 Å². The summed E-state index contributed by atoms with van der Waals surface area (Å²) in [5.41, 5.74) is 0. The fraction of sp³-hybridized carbons (Fsp3) is 0.706. The van der Waals surface area contributed by atoms with E-state index in [4.69, 9.17) is 4.42 Å². The van der Waals surface area contributed by atoms with Gasteiger partial charge in [-0.2, -0.15) is 0 Å². The molecular formula is C17H31IN4O. The Hall–Kier alpha value is -0.760. The van der Waals surface area contributed by atoms with Crippen LogP contribution in [-0.4, -0.2) is 43.1 Å². The van der Waals surface area contributed by atoms with Gasteiger partial charge in [-0.05, 0) is 57.8 Å². The minimum Gasteiger partial charge on any atom is -0.467 e. The van der Waals surface area contributed by atoms with Gasteiger partial charge in [0.2, 0.25) is 0 Å². The summed E-state index contributed by atoms with van der Waals surface area (Å²) in [6.07, 6.45) is 4.32. The van der Waals surface area contributed by atoms with Crippen LogP contribution in [0, 0.1) is 5.92 Å². The molecule has 1 aromatic rings. The number of likely N-dealkylation sites (tertiary alicyclic amines) is 1. The van der Waals surface area contributed by atoms with Crippen LogP contribution in [0.15, 0.2) is 27.8 Å². The minimum absolute atomic E-state index is 0. The number of furan rings is 1. The zero-order valence-corrected chi connectivity index (χ0v) is 16.9. The van der Waals surface area contributed by atoms with E-state index in [0.29, 0.717) is 12.6 Å². The molecule has 5 nitrogen and oxygen atoms in total. The third kappa shape index (κ3) is 7.12. The molecule has 1 aromatic heterocycles. The van der Waals surface area contributed by atoms with E-state index in [1.54, 1.807) is 6.26 Å². The van der Waals surface area contributed by atoms with Crippen LogP contribution in [0.2, 0.25) is 0 Å². The average Bonchev–Trinajstić information content (AvgIpc) is 3.04. The van der Waals surface area contributed by atoms with Gasteiger partial charge in [-0.3, -0.25) is 4.90 Å². The quantitative estimate of drug-likeness (QED) is 0.411. The topological polar surface area (TPSA) is 52.8 Å². The van der Waals surface area contributed by atoms with Crippen molar-refractivity contribution >= 4 is 29.9 Å². The van der Waals surface area contributed by atoms with E-state index in [9.17, 15) is 0 Å². The molecule has 1 saturated heterocycles. The first-order valence-electron chi connectivity index (χ1n) is 8.47. The van der Waals surface area contributed by atoms with Crippen LogP contribution >= 0.6 is 24.0 Å². The highest BCUT2D eigenvalue weighted by Gasteiger charge is 2.20. The molecule has 23 heavy (non-hydrogen) atoms. The molecule has 0 bridgehead atoms. The van der Waals surface area contributed by atoms with E-state index in [0.717, 1.165) is 30.7 Å². The molecular weight excluding hydrogens is 403 g/mol. The highest BCUT2D eigenvalue weighted by Crippen LogP contribution is 2.17. The maximum atomic E-state index is 5.32. The Morgan fingerprint density at radius 3 is 2.74 bits per heavy atom. The Balaban J connectivity index is 0.00000264. The number of nitrogens with zero attached hydrogens (tertiary/aromatic N) is 2. The first-order chi connectivity index (χ1) is 10.7. The molecule has 1 aliphatic heterocycles. The van der Waals surface area contributed by atoms with E-state index in [-0.39, 0.29) is 24.0 Å². The van der Waals surface area contributed by atoms with Gasteiger partial charge in [0.05, 0.1) is 6.26 Å². The average molecular weight is 434 g/mol. The van der Waals surface area contributed by atoms with Crippen LogP contribution in [0.1, 0.15) is 39.4 Å². The van der Waals surface area contributed by atoms with E-state index in [1.165, 1.54) is 25.9 Å². The third-order valence-corrected chi connectivity index (χ3v) is 4.32. The molecule has 1 unspecified atom stereocenters. The number of aliphatic imine (C=N–C) groups is 1. The summed E-state index contributed by atoms with van der Waals surface area (Å²) in [5.74, 6) is 2.62. The van der Waals surface area contributed by atoms with E-state index < -0.39 is 0 Å². The molecule has 1 atom stereocenters.